The Morgan fingerprint density at radius 2 is 1.78 bits per heavy atom. The fourth-order valence-corrected chi connectivity index (χ4v) is 4.23. The topological polar surface area (TPSA) is 81.1 Å². The van der Waals surface area contributed by atoms with E-state index in [1.807, 2.05) is 12.1 Å². The maximum Gasteiger partial charge on any atom is 0.198 e. The number of aromatic amines is 1. The van der Waals surface area contributed by atoms with E-state index in [1.54, 1.807) is 30.5 Å². The third-order valence-electron chi connectivity index (χ3n) is 5.63. The van der Waals surface area contributed by atoms with Gasteiger partial charge in [-0.1, -0.05) is 29.8 Å². The van der Waals surface area contributed by atoms with Crippen LogP contribution in [0.2, 0.25) is 5.02 Å². The zero-order chi connectivity index (χ0) is 22.1. The fourth-order valence-electron chi connectivity index (χ4n) is 3.96. The first kappa shape index (κ1) is 20.4. The van der Waals surface area contributed by atoms with Crippen LogP contribution < -0.4 is 4.90 Å². The van der Waals surface area contributed by atoms with E-state index in [4.69, 9.17) is 16.3 Å². The highest BCUT2D eigenvalue weighted by Crippen LogP contribution is 2.36. The molecule has 3 N–H and O–H groups in total. The monoisotopic (exact) mass is 447 g/mol. The second-order valence-electron chi connectivity index (χ2n) is 7.69. The molecule has 0 atom stereocenters. The van der Waals surface area contributed by atoms with E-state index < -0.39 is 0 Å². The van der Waals surface area contributed by atoms with Crippen LogP contribution in [0, 0.1) is 0 Å². The van der Waals surface area contributed by atoms with Crippen LogP contribution in [0.3, 0.4) is 0 Å². The van der Waals surface area contributed by atoms with Gasteiger partial charge < -0.3 is 24.8 Å². The molecule has 3 aromatic carbocycles. The van der Waals surface area contributed by atoms with Gasteiger partial charge in [0.15, 0.2) is 5.88 Å². The first-order valence-electron chi connectivity index (χ1n) is 10.4. The number of phenolic OH excluding ortho intramolecular Hbond substituents is 1. The number of rotatable bonds is 4. The molecule has 0 bridgehead atoms. The van der Waals surface area contributed by atoms with Gasteiger partial charge in [-0.25, -0.2) is 0 Å². The van der Waals surface area contributed by atoms with Crippen molar-refractivity contribution in [2.75, 3.05) is 31.2 Å². The van der Waals surface area contributed by atoms with E-state index in [1.165, 1.54) is 0 Å². The molecule has 32 heavy (non-hydrogen) atoms. The summed E-state index contributed by atoms with van der Waals surface area (Å²) in [6.45, 7) is 3.26. The maximum atomic E-state index is 10.4. The van der Waals surface area contributed by atoms with Gasteiger partial charge in [0.25, 0.3) is 0 Å². The van der Waals surface area contributed by atoms with Gasteiger partial charge in [-0.15, -0.1) is 0 Å². The van der Waals surface area contributed by atoms with Crippen molar-refractivity contribution in [3.63, 3.8) is 0 Å². The number of hydrogen-bond donors (Lipinski definition) is 3. The number of anilines is 1. The van der Waals surface area contributed by atoms with Crippen molar-refractivity contribution >= 4 is 40.1 Å². The van der Waals surface area contributed by atoms with Crippen LogP contribution in [0.25, 0.3) is 22.0 Å². The molecule has 1 aliphatic rings. The summed E-state index contributed by atoms with van der Waals surface area (Å²) in [5, 5.41) is 21.5. The van der Waals surface area contributed by atoms with Crippen LogP contribution >= 0.6 is 11.6 Å². The lowest BCUT2D eigenvalue weighted by Crippen LogP contribution is -2.36. The van der Waals surface area contributed by atoms with Gasteiger partial charge in [0.2, 0.25) is 0 Å². The summed E-state index contributed by atoms with van der Waals surface area (Å²) >= 11 is 6.59. The largest absolute Gasteiger partial charge is 0.508 e. The van der Waals surface area contributed by atoms with E-state index in [-0.39, 0.29) is 11.6 Å². The predicted octanol–water partition coefficient (Wildman–Crippen LogP) is 5.49. The number of aliphatic imine (C=N–C) groups is 1. The SMILES string of the molecule is Oc1cccc(N=Cc2c(O)[nH]c3cc(Cl)c(-c4ccc(N5CCOCC5)cc4)cc23)c1. The number of aromatic hydroxyl groups is 2. The highest BCUT2D eigenvalue weighted by atomic mass is 35.5. The van der Waals surface area contributed by atoms with Crippen molar-refractivity contribution in [1.82, 2.24) is 4.98 Å². The van der Waals surface area contributed by atoms with Crippen molar-refractivity contribution in [3.8, 4) is 22.8 Å². The number of ether oxygens (including phenoxy) is 1. The van der Waals surface area contributed by atoms with Crippen molar-refractivity contribution in [2.24, 2.45) is 4.99 Å². The average molecular weight is 448 g/mol. The second-order valence-corrected chi connectivity index (χ2v) is 8.10. The summed E-state index contributed by atoms with van der Waals surface area (Å²) in [5.74, 6) is 0.150. The normalized spacial score (nSPS) is 14.5. The van der Waals surface area contributed by atoms with Gasteiger partial charge in [-0.2, -0.15) is 0 Å². The summed E-state index contributed by atoms with van der Waals surface area (Å²) in [6.07, 6.45) is 1.59. The van der Waals surface area contributed by atoms with E-state index >= 15 is 0 Å². The predicted molar refractivity (Wildman–Crippen MR) is 129 cm³/mol. The number of phenols is 1. The molecule has 0 saturated carbocycles. The number of morpholine rings is 1. The smallest absolute Gasteiger partial charge is 0.198 e. The molecule has 7 heteroatoms. The number of halogens is 1. The van der Waals surface area contributed by atoms with Crippen LogP contribution in [-0.4, -0.2) is 47.7 Å². The molecular formula is C25H22ClN3O3. The molecule has 0 unspecified atom stereocenters. The Labute approximate surface area is 190 Å². The second kappa shape index (κ2) is 8.57. The van der Waals surface area contributed by atoms with Gasteiger partial charge in [0.1, 0.15) is 5.75 Å². The van der Waals surface area contributed by atoms with Gasteiger partial charge in [-0.3, -0.25) is 4.99 Å². The van der Waals surface area contributed by atoms with E-state index in [9.17, 15) is 10.2 Å². The lowest BCUT2D eigenvalue weighted by molar-refractivity contribution is 0.122. The molecule has 0 aliphatic carbocycles. The number of benzene rings is 3. The van der Waals surface area contributed by atoms with E-state index in [2.05, 4.69) is 39.1 Å². The first-order chi connectivity index (χ1) is 15.6. The third kappa shape index (κ3) is 4.02. The van der Waals surface area contributed by atoms with Crippen LogP contribution in [0.1, 0.15) is 5.56 Å². The van der Waals surface area contributed by atoms with Crippen LogP contribution in [0.5, 0.6) is 11.6 Å². The zero-order valence-corrected chi connectivity index (χ0v) is 18.0. The number of aromatic nitrogens is 1. The third-order valence-corrected chi connectivity index (χ3v) is 5.95. The van der Waals surface area contributed by atoms with Gasteiger partial charge >= 0.3 is 0 Å². The number of nitrogens with zero attached hydrogens (tertiary/aromatic N) is 2. The summed E-state index contributed by atoms with van der Waals surface area (Å²) in [4.78, 5) is 9.66. The molecule has 162 valence electrons. The zero-order valence-electron chi connectivity index (χ0n) is 17.3. The van der Waals surface area contributed by atoms with E-state index in [0.29, 0.717) is 16.3 Å². The Morgan fingerprint density at radius 3 is 2.53 bits per heavy atom. The summed E-state index contributed by atoms with van der Waals surface area (Å²) in [6, 6.07) is 18.7. The lowest BCUT2D eigenvalue weighted by Gasteiger charge is -2.29. The number of nitrogens with one attached hydrogen (secondary N) is 1. The molecule has 0 amide bonds. The molecule has 4 aromatic rings. The molecule has 2 heterocycles. The summed E-state index contributed by atoms with van der Waals surface area (Å²) < 4.78 is 5.43. The molecule has 1 saturated heterocycles. The quantitative estimate of drug-likeness (QED) is 0.361. The standard InChI is InChI=1S/C25H22ClN3O3/c26-23-14-24-21(22(25(31)28-24)15-27-17-2-1-3-19(30)12-17)13-20(23)16-4-6-18(7-5-16)29-8-10-32-11-9-29/h1-7,12-15,28,30-31H,8-11H2. The Bertz CT molecular complexity index is 1290. The van der Waals surface area contributed by atoms with Gasteiger partial charge in [0, 0.05) is 42.0 Å². The molecule has 1 aliphatic heterocycles. The van der Waals surface area contributed by atoms with E-state index in [0.717, 1.165) is 54.0 Å². The fraction of sp³-hybridized carbons (Fsp3) is 0.160. The van der Waals surface area contributed by atoms with Crippen molar-refractivity contribution < 1.29 is 14.9 Å². The van der Waals surface area contributed by atoms with Gasteiger partial charge in [-0.05, 0) is 42.0 Å². The lowest BCUT2D eigenvalue weighted by atomic mass is 10.0. The molecule has 5 rings (SSSR count). The molecular weight excluding hydrogens is 426 g/mol. The Morgan fingerprint density at radius 1 is 1.00 bits per heavy atom. The average Bonchev–Trinajstić information content (AvgIpc) is 3.11. The number of H-pyrrole nitrogens is 1. The Hall–Kier alpha value is -3.48. The molecule has 0 spiro atoms. The van der Waals surface area contributed by atoms with Crippen molar-refractivity contribution in [2.45, 2.75) is 0 Å². The highest BCUT2D eigenvalue weighted by molar-refractivity contribution is 6.34. The minimum atomic E-state index is 0.0137. The van der Waals surface area contributed by atoms with Crippen LogP contribution in [0.4, 0.5) is 11.4 Å². The number of hydrogen-bond acceptors (Lipinski definition) is 5. The van der Waals surface area contributed by atoms with Crippen molar-refractivity contribution in [3.05, 3.63) is 71.2 Å². The maximum absolute atomic E-state index is 10.4. The molecule has 1 aromatic heterocycles. The molecule has 6 nitrogen and oxygen atoms in total. The minimum Gasteiger partial charge on any atom is -0.508 e. The summed E-state index contributed by atoms with van der Waals surface area (Å²) in [7, 11) is 0. The van der Waals surface area contributed by atoms with Crippen LogP contribution in [-0.2, 0) is 4.74 Å². The Kier molecular flexibility index (Phi) is 5.47. The molecule has 0 radical (unpaired) electrons. The number of fused-ring (bicyclic) bond motifs is 1. The highest BCUT2D eigenvalue weighted by Gasteiger charge is 2.15. The van der Waals surface area contributed by atoms with Crippen LogP contribution in [0.15, 0.2) is 65.7 Å². The van der Waals surface area contributed by atoms with Gasteiger partial charge in [0.05, 0.1) is 35.0 Å². The minimum absolute atomic E-state index is 0.0137. The molecule has 1 fully saturated rings. The summed E-state index contributed by atoms with van der Waals surface area (Å²) in [5.41, 5.74) is 4.90. The first-order valence-corrected chi connectivity index (χ1v) is 10.8. The van der Waals surface area contributed by atoms with Crippen molar-refractivity contribution in [1.29, 1.82) is 0 Å². The Balaban J connectivity index is 1.50.